The molecule has 0 heterocycles. The standard InChI is InChI=1S/C21H16Cl2N2O5S/c22-20-9-6-16(13-21(20)23)24-31(29,30)19-3-1-2-15(12-19)11-18(26)10-14-4-7-17(8-5-14)25(27)28/h1-9,12-13,24H,10-11H2. The molecule has 7 nitrogen and oxygen atoms in total. The minimum atomic E-state index is -3.90. The number of hydrogen-bond acceptors (Lipinski definition) is 5. The zero-order valence-electron chi connectivity index (χ0n) is 15.9. The van der Waals surface area contributed by atoms with Crippen LogP contribution in [0.1, 0.15) is 11.1 Å². The highest BCUT2D eigenvalue weighted by molar-refractivity contribution is 7.92. The molecule has 10 heteroatoms. The maximum atomic E-state index is 12.7. The molecule has 0 saturated carbocycles. The van der Waals surface area contributed by atoms with Crippen molar-refractivity contribution in [1.82, 2.24) is 0 Å². The van der Waals surface area contributed by atoms with Gasteiger partial charge in [-0.2, -0.15) is 0 Å². The van der Waals surface area contributed by atoms with Crippen LogP contribution in [0.5, 0.6) is 0 Å². The van der Waals surface area contributed by atoms with Crippen molar-refractivity contribution in [3.8, 4) is 0 Å². The number of rotatable bonds is 8. The Morgan fingerprint density at radius 3 is 2.23 bits per heavy atom. The number of carbonyl (C=O) groups is 1. The number of sulfonamides is 1. The molecule has 0 saturated heterocycles. The lowest BCUT2D eigenvalue weighted by molar-refractivity contribution is -0.384. The van der Waals surface area contributed by atoms with E-state index < -0.39 is 14.9 Å². The predicted octanol–water partition coefficient (Wildman–Crippen LogP) is 5.06. The molecule has 0 aliphatic heterocycles. The average molecular weight is 479 g/mol. The molecule has 0 aliphatic rings. The van der Waals surface area contributed by atoms with Gasteiger partial charge in [0.1, 0.15) is 5.78 Å². The minimum Gasteiger partial charge on any atom is -0.299 e. The molecule has 0 radical (unpaired) electrons. The molecular weight excluding hydrogens is 463 g/mol. The zero-order valence-corrected chi connectivity index (χ0v) is 18.2. The lowest BCUT2D eigenvalue weighted by atomic mass is 10.0. The summed E-state index contributed by atoms with van der Waals surface area (Å²) in [6, 6.07) is 16.2. The first-order chi connectivity index (χ1) is 14.6. The van der Waals surface area contributed by atoms with Gasteiger partial charge in [0.05, 0.1) is 25.6 Å². The van der Waals surface area contributed by atoms with Crippen LogP contribution in [0.25, 0.3) is 0 Å². The summed E-state index contributed by atoms with van der Waals surface area (Å²) in [6.45, 7) is 0. The monoisotopic (exact) mass is 478 g/mol. The van der Waals surface area contributed by atoms with Crippen LogP contribution >= 0.6 is 23.2 Å². The Hall–Kier alpha value is -2.94. The van der Waals surface area contributed by atoms with Gasteiger partial charge < -0.3 is 0 Å². The van der Waals surface area contributed by atoms with Gasteiger partial charge in [0, 0.05) is 25.0 Å². The third-order valence-electron chi connectivity index (χ3n) is 4.33. The van der Waals surface area contributed by atoms with E-state index in [0.29, 0.717) is 16.1 Å². The van der Waals surface area contributed by atoms with Crippen LogP contribution in [0, 0.1) is 10.1 Å². The van der Waals surface area contributed by atoms with E-state index in [9.17, 15) is 23.3 Å². The topological polar surface area (TPSA) is 106 Å². The molecule has 0 spiro atoms. The number of nitrogens with one attached hydrogen (secondary N) is 1. The minimum absolute atomic E-state index is 0.000733. The lowest BCUT2D eigenvalue weighted by Gasteiger charge is -2.10. The summed E-state index contributed by atoms with van der Waals surface area (Å²) < 4.78 is 27.8. The molecule has 160 valence electrons. The molecule has 3 rings (SSSR count). The second kappa shape index (κ2) is 9.47. The highest BCUT2D eigenvalue weighted by Crippen LogP contribution is 2.26. The van der Waals surface area contributed by atoms with Crippen molar-refractivity contribution in [2.75, 3.05) is 4.72 Å². The summed E-state index contributed by atoms with van der Waals surface area (Å²) in [7, 11) is -3.90. The molecular formula is C21H16Cl2N2O5S. The number of ketones is 1. The smallest absolute Gasteiger partial charge is 0.269 e. The van der Waals surface area contributed by atoms with E-state index in [2.05, 4.69) is 4.72 Å². The molecule has 0 fully saturated rings. The Labute approximate surface area is 188 Å². The van der Waals surface area contributed by atoms with Crippen molar-refractivity contribution in [3.05, 3.63) is 98.0 Å². The summed E-state index contributed by atoms with van der Waals surface area (Å²) in [5.41, 5.74) is 1.38. The Balaban J connectivity index is 1.70. The molecule has 0 atom stereocenters. The molecule has 3 aromatic carbocycles. The Kier molecular flexibility index (Phi) is 6.94. The Bertz CT molecular complexity index is 1240. The quantitative estimate of drug-likeness (QED) is 0.359. The van der Waals surface area contributed by atoms with E-state index in [1.54, 1.807) is 12.1 Å². The number of carbonyl (C=O) groups excluding carboxylic acids is 1. The number of non-ortho nitro benzene ring substituents is 1. The molecule has 0 bridgehead atoms. The molecule has 1 N–H and O–H groups in total. The number of nitrogens with zero attached hydrogens (tertiary/aromatic N) is 1. The van der Waals surface area contributed by atoms with Crippen molar-refractivity contribution in [2.45, 2.75) is 17.7 Å². The largest absolute Gasteiger partial charge is 0.299 e. The fourth-order valence-electron chi connectivity index (χ4n) is 2.85. The van der Waals surface area contributed by atoms with Gasteiger partial charge >= 0.3 is 0 Å². The van der Waals surface area contributed by atoms with E-state index in [0.717, 1.165) is 0 Å². The van der Waals surface area contributed by atoms with Gasteiger partial charge in [-0.25, -0.2) is 8.42 Å². The normalized spacial score (nSPS) is 11.2. The third-order valence-corrected chi connectivity index (χ3v) is 6.45. The number of nitro groups is 1. The lowest BCUT2D eigenvalue weighted by Crippen LogP contribution is -2.14. The van der Waals surface area contributed by atoms with Crippen molar-refractivity contribution in [3.63, 3.8) is 0 Å². The van der Waals surface area contributed by atoms with Gasteiger partial charge in [-0.15, -0.1) is 0 Å². The first kappa shape index (κ1) is 22.7. The van der Waals surface area contributed by atoms with E-state index >= 15 is 0 Å². The number of anilines is 1. The van der Waals surface area contributed by atoms with Crippen molar-refractivity contribution < 1.29 is 18.1 Å². The van der Waals surface area contributed by atoms with Crippen molar-refractivity contribution in [1.29, 1.82) is 0 Å². The van der Waals surface area contributed by atoms with Gasteiger partial charge in [0.2, 0.25) is 0 Å². The number of Topliss-reactive ketones (excluding diaryl/α,β-unsaturated/α-hetero) is 1. The molecule has 31 heavy (non-hydrogen) atoms. The van der Waals surface area contributed by atoms with Crippen LogP contribution in [0.15, 0.2) is 71.6 Å². The first-order valence-corrected chi connectivity index (χ1v) is 11.2. The maximum absolute atomic E-state index is 12.7. The van der Waals surface area contributed by atoms with Crippen LogP contribution in [0.2, 0.25) is 10.0 Å². The average Bonchev–Trinajstić information content (AvgIpc) is 2.71. The SMILES string of the molecule is O=C(Cc1ccc([N+](=O)[O-])cc1)Cc1cccc(S(=O)(=O)Nc2ccc(Cl)c(Cl)c2)c1. The van der Waals surface area contributed by atoms with Gasteiger partial charge in [-0.05, 0) is 41.5 Å². The van der Waals surface area contributed by atoms with Gasteiger partial charge in [-0.3, -0.25) is 19.6 Å². The molecule has 0 amide bonds. The van der Waals surface area contributed by atoms with Crippen molar-refractivity contribution in [2.24, 2.45) is 0 Å². The highest BCUT2D eigenvalue weighted by Gasteiger charge is 2.16. The Morgan fingerprint density at radius 1 is 0.903 bits per heavy atom. The van der Waals surface area contributed by atoms with Gasteiger partial charge in [0.15, 0.2) is 0 Å². The second-order valence-electron chi connectivity index (χ2n) is 6.70. The summed E-state index contributed by atoms with van der Waals surface area (Å²) in [5.74, 6) is -0.152. The fraction of sp³-hybridized carbons (Fsp3) is 0.0952. The Morgan fingerprint density at radius 2 is 1.58 bits per heavy atom. The third kappa shape index (κ3) is 6.04. The molecule has 3 aromatic rings. The zero-order chi connectivity index (χ0) is 22.6. The molecule has 0 unspecified atom stereocenters. The highest BCUT2D eigenvalue weighted by atomic mass is 35.5. The number of benzene rings is 3. The van der Waals surface area contributed by atoms with Crippen LogP contribution in [-0.2, 0) is 27.7 Å². The van der Waals surface area contributed by atoms with E-state index in [1.807, 2.05) is 0 Å². The molecule has 0 aliphatic carbocycles. The van der Waals surface area contributed by atoms with Crippen LogP contribution in [0.4, 0.5) is 11.4 Å². The first-order valence-electron chi connectivity index (χ1n) is 8.96. The molecule has 0 aromatic heterocycles. The summed E-state index contributed by atoms with van der Waals surface area (Å²) in [6.07, 6.45) is 0.101. The van der Waals surface area contributed by atoms with Gasteiger partial charge in [0.25, 0.3) is 15.7 Å². The van der Waals surface area contributed by atoms with E-state index in [-0.39, 0.29) is 39.9 Å². The number of hydrogen-bond donors (Lipinski definition) is 1. The summed E-state index contributed by atoms with van der Waals surface area (Å²) in [4.78, 5) is 22.6. The fourth-order valence-corrected chi connectivity index (χ4v) is 4.27. The second-order valence-corrected chi connectivity index (χ2v) is 9.19. The van der Waals surface area contributed by atoms with Crippen LogP contribution < -0.4 is 4.72 Å². The summed E-state index contributed by atoms with van der Waals surface area (Å²) >= 11 is 11.8. The van der Waals surface area contributed by atoms with Crippen LogP contribution in [-0.4, -0.2) is 19.1 Å². The number of halogens is 2. The van der Waals surface area contributed by atoms with E-state index in [4.69, 9.17) is 23.2 Å². The predicted molar refractivity (Wildman–Crippen MR) is 119 cm³/mol. The van der Waals surface area contributed by atoms with Crippen LogP contribution in [0.3, 0.4) is 0 Å². The van der Waals surface area contributed by atoms with Gasteiger partial charge in [-0.1, -0.05) is 47.5 Å². The summed E-state index contributed by atoms with van der Waals surface area (Å²) in [5, 5.41) is 11.2. The number of nitro benzene ring substituents is 1. The van der Waals surface area contributed by atoms with Crippen molar-refractivity contribution >= 4 is 50.4 Å². The van der Waals surface area contributed by atoms with E-state index in [1.165, 1.54) is 54.6 Å². The maximum Gasteiger partial charge on any atom is 0.269 e.